The third kappa shape index (κ3) is 4.27. The van der Waals surface area contributed by atoms with Crippen molar-refractivity contribution in [3.8, 4) is 0 Å². The molecule has 6 heteroatoms. The van der Waals surface area contributed by atoms with E-state index in [1.165, 1.54) is 11.5 Å². The minimum absolute atomic E-state index is 0.625. The maximum absolute atomic E-state index is 5.07. The zero-order valence-corrected chi connectivity index (χ0v) is 11.9. The van der Waals surface area contributed by atoms with E-state index in [1.54, 1.807) is 14.2 Å². The van der Waals surface area contributed by atoms with Crippen LogP contribution in [-0.4, -0.2) is 30.2 Å². The second-order valence-corrected chi connectivity index (χ2v) is 4.77. The summed E-state index contributed by atoms with van der Waals surface area (Å²) in [5.74, 6) is 0.811. The molecule has 2 rings (SSSR count). The minimum Gasteiger partial charge on any atom is -0.384 e. The van der Waals surface area contributed by atoms with Gasteiger partial charge in [-0.1, -0.05) is 12.1 Å². The maximum Gasteiger partial charge on any atom is 0.207 e. The van der Waals surface area contributed by atoms with Crippen LogP contribution in [0.25, 0.3) is 0 Å². The van der Waals surface area contributed by atoms with E-state index in [0.29, 0.717) is 13.2 Å². The van der Waals surface area contributed by atoms with Crippen molar-refractivity contribution >= 4 is 22.4 Å². The van der Waals surface area contributed by atoms with Gasteiger partial charge in [0.25, 0.3) is 0 Å². The Labute approximate surface area is 116 Å². The Morgan fingerprint density at radius 1 is 1.16 bits per heavy atom. The Morgan fingerprint density at radius 3 is 2.63 bits per heavy atom. The van der Waals surface area contributed by atoms with E-state index in [9.17, 15) is 0 Å². The number of aromatic nitrogens is 2. The lowest BCUT2D eigenvalue weighted by atomic mass is 10.2. The van der Waals surface area contributed by atoms with Gasteiger partial charge in [-0.15, -0.1) is 0 Å². The van der Waals surface area contributed by atoms with Gasteiger partial charge in [-0.3, -0.25) is 0 Å². The molecule has 5 nitrogen and oxygen atoms in total. The van der Waals surface area contributed by atoms with Crippen LogP contribution in [0.15, 0.2) is 24.3 Å². The summed E-state index contributed by atoms with van der Waals surface area (Å²) >= 11 is 1.36. The van der Waals surface area contributed by atoms with Crippen LogP contribution in [0, 0.1) is 0 Å². The predicted octanol–water partition coefficient (Wildman–Crippen LogP) is 2.62. The first-order valence-electron chi connectivity index (χ1n) is 5.98. The number of methoxy groups -OCH3 is 2. The maximum atomic E-state index is 5.07. The van der Waals surface area contributed by atoms with E-state index in [2.05, 4.69) is 14.7 Å². The molecule has 102 valence electrons. The fourth-order valence-electron chi connectivity index (χ4n) is 1.57. The second-order valence-electron chi connectivity index (χ2n) is 4.01. The van der Waals surface area contributed by atoms with Crippen molar-refractivity contribution in [2.75, 3.05) is 26.1 Å². The second kappa shape index (κ2) is 7.18. The molecule has 0 bridgehead atoms. The molecule has 1 aromatic carbocycles. The molecule has 19 heavy (non-hydrogen) atoms. The highest BCUT2D eigenvalue weighted by Crippen LogP contribution is 2.19. The largest absolute Gasteiger partial charge is 0.384 e. The van der Waals surface area contributed by atoms with E-state index in [1.807, 2.05) is 24.3 Å². The number of nitrogens with one attached hydrogen (secondary N) is 1. The van der Waals surface area contributed by atoms with E-state index in [4.69, 9.17) is 9.47 Å². The molecule has 0 amide bonds. The highest BCUT2D eigenvalue weighted by Gasteiger charge is 2.04. The summed E-state index contributed by atoms with van der Waals surface area (Å²) in [5.41, 5.74) is 2.14. The molecule has 0 saturated carbocycles. The molecule has 0 radical (unpaired) electrons. The average Bonchev–Trinajstić information content (AvgIpc) is 2.87. The van der Waals surface area contributed by atoms with Gasteiger partial charge in [-0.05, 0) is 17.7 Å². The first-order chi connectivity index (χ1) is 9.31. The van der Waals surface area contributed by atoms with E-state index in [-0.39, 0.29) is 0 Å². The zero-order valence-electron chi connectivity index (χ0n) is 11.0. The van der Waals surface area contributed by atoms with Crippen molar-refractivity contribution in [1.29, 1.82) is 0 Å². The summed E-state index contributed by atoms with van der Waals surface area (Å²) < 4.78 is 14.3. The predicted molar refractivity (Wildman–Crippen MR) is 75.9 cm³/mol. The van der Waals surface area contributed by atoms with Crippen LogP contribution in [-0.2, 0) is 22.5 Å². The van der Waals surface area contributed by atoms with Crippen LogP contribution in [0.5, 0.6) is 0 Å². The topological polar surface area (TPSA) is 56.3 Å². The van der Waals surface area contributed by atoms with Crippen molar-refractivity contribution in [3.05, 3.63) is 35.7 Å². The summed E-state index contributed by atoms with van der Waals surface area (Å²) in [4.78, 5) is 4.39. The summed E-state index contributed by atoms with van der Waals surface area (Å²) in [6.45, 7) is 1.27. The molecule has 0 spiro atoms. The van der Waals surface area contributed by atoms with Gasteiger partial charge in [0.15, 0.2) is 0 Å². The van der Waals surface area contributed by atoms with Gasteiger partial charge in [-0.2, -0.15) is 4.37 Å². The Bertz CT molecular complexity index is 499. The molecule has 0 aliphatic carbocycles. The highest BCUT2D eigenvalue weighted by molar-refractivity contribution is 7.09. The van der Waals surface area contributed by atoms with Crippen LogP contribution in [0.4, 0.5) is 10.8 Å². The fourth-order valence-corrected chi connectivity index (χ4v) is 2.21. The number of rotatable bonds is 7. The van der Waals surface area contributed by atoms with Crippen LogP contribution in [0.2, 0.25) is 0 Å². The Hall–Kier alpha value is -1.50. The molecule has 1 aromatic heterocycles. The molecule has 0 aliphatic heterocycles. The Morgan fingerprint density at radius 2 is 1.95 bits per heavy atom. The highest BCUT2D eigenvalue weighted by atomic mass is 32.1. The first-order valence-corrected chi connectivity index (χ1v) is 6.75. The molecule has 1 N–H and O–H groups in total. The average molecular weight is 279 g/mol. The quantitative estimate of drug-likeness (QED) is 0.844. The smallest absolute Gasteiger partial charge is 0.207 e. The van der Waals surface area contributed by atoms with Crippen molar-refractivity contribution in [3.63, 3.8) is 0 Å². The molecule has 0 saturated heterocycles. The standard InChI is InChI=1S/C13H17N3O2S/c1-17-8-7-12-15-13(19-16-12)14-11-5-3-10(4-6-11)9-18-2/h3-6H,7-9H2,1-2H3,(H,14,15,16). The van der Waals surface area contributed by atoms with Crippen LogP contribution >= 0.6 is 11.5 Å². The molecular formula is C13H17N3O2S. The van der Waals surface area contributed by atoms with Gasteiger partial charge in [0, 0.05) is 37.9 Å². The molecule has 0 fully saturated rings. The lowest BCUT2D eigenvalue weighted by molar-refractivity contribution is 0.185. The SMILES string of the molecule is COCCc1nsc(Nc2ccc(COC)cc2)n1. The van der Waals surface area contributed by atoms with Crippen LogP contribution < -0.4 is 5.32 Å². The summed E-state index contributed by atoms with van der Waals surface area (Å²) in [7, 11) is 3.36. The van der Waals surface area contributed by atoms with E-state index < -0.39 is 0 Å². The molecular weight excluding hydrogens is 262 g/mol. The number of nitrogens with zero attached hydrogens (tertiary/aromatic N) is 2. The van der Waals surface area contributed by atoms with E-state index >= 15 is 0 Å². The number of ether oxygens (including phenoxy) is 2. The first kappa shape index (κ1) is 13.9. The van der Waals surface area contributed by atoms with Crippen molar-refractivity contribution in [2.24, 2.45) is 0 Å². The fraction of sp³-hybridized carbons (Fsp3) is 0.385. The van der Waals surface area contributed by atoms with Crippen LogP contribution in [0.3, 0.4) is 0 Å². The third-order valence-electron chi connectivity index (χ3n) is 2.51. The van der Waals surface area contributed by atoms with Crippen LogP contribution in [0.1, 0.15) is 11.4 Å². The number of benzene rings is 1. The molecule has 0 aliphatic rings. The lowest BCUT2D eigenvalue weighted by Gasteiger charge is -2.03. The summed E-state index contributed by atoms with van der Waals surface area (Å²) in [5, 5.41) is 4.03. The summed E-state index contributed by atoms with van der Waals surface area (Å²) in [6, 6.07) is 8.06. The molecule has 0 atom stereocenters. The van der Waals surface area contributed by atoms with Gasteiger partial charge in [-0.25, -0.2) is 4.98 Å². The molecule has 1 heterocycles. The summed E-state index contributed by atoms with van der Waals surface area (Å²) in [6.07, 6.45) is 0.738. The van der Waals surface area contributed by atoms with Crippen molar-refractivity contribution in [2.45, 2.75) is 13.0 Å². The number of anilines is 2. The number of hydrogen-bond donors (Lipinski definition) is 1. The van der Waals surface area contributed by atoms with E-state index in [0.717, 1.165) is 28.6 Å². The van der Waals surface area contributed by atoms with Crippen molar-refractivity contribution < 1.29 is 9.47 Å². The van der Waals surface area contributed by atoms with Gasteiger partial charge >= 0.3 is 0 Å². The monoisotopic (exact) mass is 279 g/mol. The Kier molecular flexibility index (Phi) is 5.26. The third-order valence-corrected chi connectivity index (χ3v) is 3.18. The Balaban J connectivity index is 1.94. The van der Waals surface area contributed by atoms with Gasteiger partial charge in [0.05, 0.1) is 13.2 Å². The number of hydrogen-bond acceptors (Lipinski definition) is 6. The normalized spacial score (nSPS) is 10.6. The minimum atomic E-state index is 0.625. The molecule has 2 aromatic rings. The zero-order chi connectivity index (χ0) is 13.5. The molecule has 0 unspecified atom stereocenters. The van der Waals surface area contributed by atoms with Gasteiger partial charge < -0.3 is 14.8 Å². The van der Waals surface area contributed by atoms with Crippen molar-refractivity contribution in [1.82, 2.24) is 9.36 Å². The lowest BCUT2D eigenvalue weighted by Crippen LogP contribution is -1.97. The van der Waals surface area contributed by atoms with Gasteiger partial charge in [0.2, 0.25) is 5.13 Å². The van der Waals surface area contributed by atoms with Gasteiger partial charge in [0.1, 0.15) is 5.82 Å².